The topological polar surface area (TPSA) is 79.5 Å². The van der Waals surface area contributed by atoms with Crippen LogP contribution in [-0.4, -0.2) is 48.4 Å². The molecule has 2 aromatic carbocycles. The summed E-state index contributed by atoms with van der Waals surface area (Å²) in [6, 6.07) is 19.4. The van der Waals surface area contributed by atoms with Crippen LogP contribution in [0.5, 0.6) is 11.5 Å². The number of rotatable bonds is 8. The Bertz CT molecular complexity index is 1150. The standard InChI is InChI=1S/C25H28N4O3/c1-2-31-13-12-29-24-15-23(32-22-6-4-3-5-7-22)9-8-19(24)14-20(25(29)30)17-28-11-10-27-21(16-26)18-28/h3-9,14-15,21,27H,2,10-13,17-18H2,1H3. The molecule has 1 fully saturated rings. The van der Waals surface area contributed by atoms with Crippen molar-refractivity contribution in [1.29, 1.82) is 5.26 Å². The number of fused-ring (bicyclic) bond motifs is 1. The van der Waals surface area contributed by atoms with Crippen molar-refractivity contribution in [2.45, 2.75) is 26.1 Å². The summed E-state index contributed by atoms with van der Waals surface area (Å²) in [6.45, 7) is 6.15. The molecule has 2 heterocycles. The molecule has 7 heteroatoms. The molecule has 32 heavy (non-hydrogen) atoms. The molecule has 0 amide bonds. The second-order valence-electron chi connectivity index (χ2n) is 7.83. The molecule has 1 atom stereocenters. The molecule has 1 unspecified atom stereocenters. The summed E-state index contributed by atoms with van der Waals surface area (Å²) in [5.41, 5.74) is 1.52. The van der Waals surface area contributed by atoms with Gasteiger partial charge in [-0.05, 0) is 42.6 Å². The van der Waals surface area contributed by atoms with E-state index in [2.05, 4.69) is 16.3 Å². The fraction of sp³-hybridized carbons (Fsp3) is 0.360. The minimum absolute atomic E-state index is 0.0268. The zero-order chi connectivity index (χ0) is 22.3. The van der Waals surface area contributed by atoms with Crippen LogP contribution in [0.3, 0.4) is 0 Å². The van der Waals surface area contributed by atoms with Gasteiger partial charge in [0.1, 0.15) is 17.5 Å². The Kier molecular flexibility index (Phi) is 7.17. The summed E-state index contributed by atoms with van der Waals surface area (Å²) in [5.74, 6) is 1.43. The zero-order valence-electron chi connectivity index (χ0n) is 18.3. The molecule has 1 aromatic heterocycles. The van der Waals surface area contributed by atoms with Gasteiger partial charge in [0.25, 0.3) is 5.56 Å². The molecule has 0 bridgehead atoms. The van der Waals surface area contributed by atoms with Crippen LogP contribution in [0.4, 0.5) is 0 Å². The molecule has 0 aliphatic carbocycles. The van der Waals surface area contributed by atoms with Crippen molar-refractivity contribution in [3.63, 3.8) is 0 Å². The molecule has 1 saturated heterocycles. The summed E-state index contributed by atoms with van der Waals surface area (Å²) < 4.78 is 13.3. The van der Waals surface area contributed by atoms with E-state index in [9.17, 15) is 10.1 Å². The summed E-state index contributed by atoms with van der Waals surface area (Å²) in [7, 11) is 0. The number of nitrogens with one attached hydrogen (secondary N) is 1. The molecule has 0 spiro atoms. The highest BCUT2D eigenvalue weighted by Crippen LogP contribution is 2.26. The van der Waals surface area contributed by atoms with E-state index >= 15 is 0 Å². The fourth-order valence-corrected chi connectivity index (χ4v) is 4.02. The number of nitriles is 1. The third kappa shape index (κ3) is 5.17. The van der Waals surface area contributed by atoms with Crippen molar-refractivity contribution in [3.05, 3.63) is 70.5 Å². The van der Waals surface area contributed by atoms with Gasteiger partial charge in [-0.15, -0.1) is 0 Å². The molecule has 3 aromatic rings. The molecule has 166 valence electrons. The second kappa shape index (κ2) is 10.4. The molecule has 0 saturated carbocycles. The van der Waals surface area contributed by atoms with Gasteiger partial charge in [-0.1, -0.05) is 18.2 Å². The third-order valence-electron chi connectivity index (χ3n) is 5.59. The lowest BCUT2D eigenvalue weighted by molar-refractivity contribution is 0.139. The van der Waals surface area contributed by atoms with E-state index in [-0.39, 0.29) is 11.6 Å². The van der Waals surface area contributed by atoms with Gasteiger partial charge in [0.2, 0.25) is 0 Å². The Balaban J connectivity index is 1.68. The van der Waals surface area contributed by atoms with E-state index in [0.29, 0.717) is 38.6 Å². The molecule has 7 nitrogen and oxygen atoms in total. The van der Waals surface area contributed by atoms with Gasteiger partial charge < -0.3 is 14.0 Å². The minimum Gasteiger partial charge on any atom is -0.457 e. The smallest absolute Gasteiger partial charge is 0.255 e. The Hall–Kier alpha value is -3.18. The number of hydrogen-bond donors (Lipinski definition) is 1. The summed E-state index contributed by atoms with van der Waals surface area (Å²) in [6.07, 6.45) is 0. The van der Waals surface area contributed by atoms with Gasteiger partial charge >= 0.3 is 0 Å². The van der Waals surface area contributed by atoms with Crippen molar-refractivity contribution in [3.8, 4) is 17.6 Å². The Morgan fingerprint density at radius 1 is 1.16 bits per heavy atom. The predicted molar refractivity (Wildman–Crippen MR) is 124 cm³/mol. The predicted octanol–water partition coefficient (Wildman–Crippen LogP) is 3.13. The number of pyridine rings is 1. The molecule has 0 radical (unpaired) electrons. The molecule has 1 aliphatic rings. The molecular weight excluding hydrogens is 404 g/mol. The van der Waals surface area contributed by atoms with Gasteiger partial charge in [-0.2, -0.15) is 5.26 Å². The van der Waals surface area contributed by atoms with Crippen LogP contribution in [0.15, 0.2) is 59.4 Å². The fourth-order valence-electron chi connectivity index (χ4n) is 4.02. The summed E-state index contributed by atoms with van der Waals surface area (Å²) >= 11 is 0. The van der Waals surface area contributed by atoms with Gasteiger partial charge in [0.05, 0.1) is 18.2 Å². The normalized spacial score (nSPS) is 16.7. The second-order valence-corrected chi connectivity index (χ2v) is 7.83. The first-order valence-electron chi connectivity index (χ1n) is 11.0. The van der Waals surface area contributed by atoms with E-state index in [0.717, 1.165) is 35.3 Å². The van der Waals surface area contributed by atoms with Gasteiger partial charge in [0.15, 0.2) is 0 Å². The van der Waals surface area contributed by atoms with Gasteiger partial charge in [-0.3, -0.25) is 15.0 Å². The van der Waals surface area contributed by atoms with Crippen LogP contribution < -0.4 is 15.6 Å². The summed E-state index contributed by atoms with van der Waals surface area (Å²) in [5, 5.41) is 13.4. The molecular formula is C25H28N4O3. The first-order valence-corrected chi connectivity index (χ1v) is 11.0. The van der Waals surface area contributed by atoms with Crippen molar-refractivity contribution in [2.75, 3.05) is 32.8 Å². The number of nitrogens with zero attached hydrogens (tertiary/aromatic N) is 3. The van der Waals surface area contributed by atoms with Crippen LogP contribution in [0, 0.1) is 11.3 Å². The highest BCUT2D eigenvalue weighted by molar-refractivity contribution is 5.81. The highest BCUT2D eigenvalue weighted by Gasteiger charge is 2.20. The Morgan fingerprint density at radius 3 is 2.78 bits per heavy atom. The number of aromatic nitrogens is 1. The number of hydrogen-bond acceptors (Lipinski definition) is 6. The highest BCUT2D eigenvalue weighted by atomic mass is 16.5. The van der Waals surface area contributed by atoms with Crippen molar-refractivity contribution in [2.24, 2.45) is 0 Å². The third-order valence-corrected chi connectivity index (χ3v) is 5.59. The van der Waals surface area contributed by atoms with Crippen LogP contribution in [-0.2, 0) is 17.8 Å². The monoisotopic (exact) mass is 432 g/mol. The SMILES string of the molecule is CCOCCn1c(=O)c(CN2CCNC(C#N)C2)cc2ccc(Oc3ccccc3)cc21. The zero-order valence-corrected chi connectivity index (χ0v) is 18.3. The maximum Gasteiger partial charge on any atom is 0.255 e. The lowest BCUT2D eigenvalue weighted by Gasteiger charge is -2.30. The number of benzene rings is 2. The largest absolute Gasteiger partial charge is 0.457 e. The molecule has 4 rings (SSSR count). The van der Waals surface area contributed by atoms with E-state index in [1.165, 1.54) is 0 Å². The molecule has 1 N–H and O–H groups in total. The van der Waals surface area contributed by atoms with Crippen LogP contribution in [0.25, 0.3) is 10.9 Å². The van der Waals surface area contributed by atoms with E-state index in [4.69, 9.17) is 9.47 Å². The van der Waals surface area contributed by atoms with Crippen LogP contribution in [0.2, 0.25) is 0 Å². The Morgan fingerprint density at radius 2 is 2.00 bits per heavy atom. The van der Waals surface area contributed by atoms with Crippen molar-refractivity contribution < 1.29 is 9.47 Å². The first kappa shape index (κ1) is 22.0. The number of piperazine rings is 1. The van der Waals surface area contributed by atoms with Crippen molar-refractivity contribution >= 4 is 10.9 Å². The van der Waals surface area contributed by atoms with Crippen molar-refractivity contribution in [1.82, 2.24) is 14.8 Å². The molecule has 1 aliphatic heterocycles. The minimum atomic E-state index is -0.206. The Labute approximate surface area is 187 Å². The maximum absolute atomic E-state index is 13.4. The van der Waals surface area contributed by atoms with Crippen LogP contribution >= 0.6 is 0 Å². The van der Waals surface area contributed by atoms with E-state index < -0.39 is 0 Å². The lowest BCUT2D eigenvalue weighted by atomic mass is 10.1. The first-order chi connectivity index (χ1) is 15.7. The summed E-state index contributed by atoms with van der Waals surface area (Å²) in [4.78, 5) is 15.6. The van der Waals surface area contributed by atoms with Crippen LogP contribution in [0.1, 0.15) is 12.5 Å². The quantitative estimate of drug-likeness (QED) is 0.551. The number of ether oxygens (including phenoxy) is 2. The lowest BCUT2D eigenvalue weighted by Crippen LogP contribution is -2.50. The van der Waals surface area contributed by atoms with Gasteiger partial charge in [0, 0.05) is 51.0 Å². The van der Waals surface area contributed by atoms with Gasteiger partial charge in [-0.25, -0.2) is 0 Å². The average Bonchev–Trinajstić information content (AvgIpc) is 2.82. The van der Waals surface area contributed by atoms with E-state index in [1.54, 1.807) is 4.57 Å². The number of para-hydroxylation sites is 1. The van der Waals surface area contributed by atoms with E-state index in [1.807, 2.05) is 61.5 Å². The maximum atomic E-state index is 13.4. The average molecular weight is 433 g/mol.